The van der Waals surface area contributed by atoms with Gasteiger partial charge < -0.3 is 5.73 Å². The molecule has 2 N–H and O–H groups in total. The fourth-order valence-corrected chi connectivity index (χ4v) is 1.53. The smallest absolute Gasteiger partial charge is 0.0496 e. The highest BCUT2D eigenvalue weighted by molar-refractivity contribution is 6.31. The van der Waals surface area contributed by atoms with Gasteiger partial charge in [0.25, 0.3) is 0 Å². The summed E-state index contributed by atoms with van der Waals surface area (Å²) in [4.78, 5) is 0. The molecule has 0 heterocycles. The third kappa shape index (κ3) is 1.68. The Hall–Kier alpha value is -0.790. The van der Waals surface area contributed by atoms with Crippen molar-refractivity contribution < 1.29 is 0 Å². The molecule has 0 aromatic heterocycles. The first kappa shape index (κ1) is 9.30. The molecule has 2 heteroatoms. The normalized spacial score (nSPS) is 12.6. The summed E-state index contributed by atoms with van der Waals surface area (Å²) >= 11 is 5.98. The van der Waals surface area contributed by atoms with Gasteiger partial charge in [0, 0.05) is 11.1 Å². The Bertz CT molecular complexity index is 274. The Morgan fingerprint density at radius 2 is 2.25 bits per heavy atom. The van der Waals surface area contributed by atoms with Crippen LogP contribution in [-0.4, -0.2) is 0 Å². The highest BCUT2D eigenvalue weighted by atomic mass is 35.5. The second-order valence-electron chi connectivity index (χ2n) is 2.73. The lowest BCUT2D eigenvalue weighted by Gasteiger charge is -2.11. The zero-order valence-corrected chi connectivity index (χ0v) is 7.81. The van der Waals surface area contributed by atoms with E-state index in [1.807, 2.05) is 25.1 Å². The molecule has 0 amide bonds. The Morgan fingerprint density at radius 1 is 1.58 bits per heavy atom. The summed E-state index contributed by atoms with van der Waals surface area (Å²) in [6.45, 7) is 5.63. The quantitative estimate of drug-likeness (QED) is 0.698. The second kappa shape index (κ2) is 3.74. The number of rotatable bonds is 2. The molecule has 1 aromatic rings. The van der Waals surface area contributed by atoms with E-state index < -0.39 is 0 Å². The maximum atomic E-state index is 5.98. The van der Waals surface area contributed by atoms with Gasteiger partial charge in [-0.3, -0.25) is 0 Å². The molecule has 0 bridgehead atoms. The highest BCUT2D eigenvalue weighted by Crippen LogP contribution is 2.25. The van der Waals surface area contributed by atoms with Gasteiger partial charge in [0.1, 0.15) is 0 Å². The van der Waals surface area contributed by atoms with Crippen LogP contribution >= 0.6 is 11.6 Å². The molecule has 1 nitrogen and oxygen atoms in total. The predicted molar refractivity (Wildman–Crippen MR) is 53.3 cm³/mol. The van der Waals surface area contributed by atoms with Crippen LogP contribution < -0.4 is 5.73 Å². The number of nitrogens with two attached hydrogens (primary N) is 1. The first-order valence-corrected chi connectivity index (χ1v) is 4.17. The minimum Gasteiger partial charge on any atom is -0.321 e. The van der Waals surface area contributed by atoms with Crippen LogP contribution in [0.3, 0.4) is 0 Å². The molecule has 0 saturated heterocycles. The van der Waals surface area contributed by atoms with E-state index in [0.29, 0.717) is 5.02 Å². The van der Waals surface area contributed by atoms with Crippen molar-refractivity contribution in [3.8, 4) is 0 Å². The van der Waals surface area contributed by atoms with Crippen LogP contribution in [0.25, 0.3) is 0 Å². The van der Waals surface area contributed by atoms with Crippen molar-refractivity contribution in [3.63, 3.8) is 0 Å². The average Bonchev–Trinajstić information content (AvgIpc) is 2.03. The summed E-state index contributed by atoms with van der Waals surface area (Å²) in [5.41, 5.74) is 7.87. The summed E-state index contributed by atoms with van der Waals surface area (Å²) in [5.74, 6) is 0. The van der Waals surface area contributed by atoms with Crippen molar-refractivity contribution in [2.45, 2.75) is 13.0 Å². The zero-order chi connectivity index (χ0) is 9.14. The Kier molecular flexibility index (Phi) is 2.90. The third-order valence-electron chi connectivity index (χ3n) is 1.86. The van der Waals surface area contributed by atoms with Crippen LogP contribution in [0.15, 0.2) is 30.9 Å². The average molecular weight is 182 g/mol. The van der Waals surface area contributed by atoms with Crippen molar-refractivity contribution >= 4 is 11.6 Å². The van der Waals surface area contributed by atoms with Crippen molar-refractivity contribution in [3.05, 3.63) is 47.0 Å². The first-order chi connectivity index (χ1) is 5.66. The molecular weight excluding hydrogens is 170 g/mol. The number of halogens is 1. The zero-order valence-electron chi connectivity index (χ0n) is 7.05. The van der Waals surface area contributed by atoms with Gasteiger partial charge >= 0.3 is 0 Å². The number of benzene rings is 1. The van der Waals surface area contributed by atoms with E-state index in [4.69, 9.17) is 17.3 Å². The summed E-state index contributed by atoms with van der Waals surface area (Å²) < 4.78 is 0. The van der Waals surface area contributed by atoms with Gasteiger partial charge in [-0.2, -0.15) is 0 Å². The maximum Gasteiger partial charge on any atom is 0.0496 e. The largest absolute Gasteiger partial charge is 0.321 e. The molecule has 0 fully saturated rings. The van der Waals surface area contributed by atoms with Crippen LogP contribution in [0, 0.1) is 6.92 Å². The third-order valence-corrected chi connectivity index (χ3v) is 2.19. The minimum absolute atomic E-state index is 0.168. The predicted octanol–water partition coefficient (Wildman–Crippen LogP) is 2.83. The summed E-state index contributed by atoms with van der Waals surface area (Å²) in [5, 5.41) is 0.711. The Labute approximate surface area is 77.8 Å². The molecular formula is C10H12ClN. The number of hydrogen-bond donors (Lipinski definition) is 1. The van der Waals surface area contributed by atoms with E-state index in [1.54, 1.807) is 6.08 Å². The van der Waals surface area contributed by atoms with Crippen LogP contribution in [0.4, 0.5) is 0 Å². The van der Waals surface area contributed by atoms with Crippen molar-refractivity contribution in [1.29, 1.82) is 0 Å². The summed E-state index contributed by atoms with van der Waals surface area (Å²) in [7, 11) is 0. The first-order valence-electron chi connectivity index (χ1n) is 3.80. The molecule has 1 atom stereocenters. The summed E-state index contributed by atoms with van der Waals surface area (Å²) in [6, 6.07) is 5.58. The molecule has 0 spiro atoms. The van der Waals surface area contributed by atoms with Gasteiger partial charge in [-0.25, -0.2) is 0 Å². The van der Waals surface area contributed by atoms with E-state index in [9.17, 15) is 0 Å². The molecule has 64 valence electrons. The van der Waals surface area contributed by atoms with Gasteiger partial charge in [0.05, 0.1) is 0 Å². The molecule has 0 aliphatic rings. The SMILES string of the molecule is C=C[C@H](N)c1c(C)cccc1Cl. The highest BCUT2D eigenvalue weighted by Gasteiger charge is 2.08. The van der Waals surface area contributed by atoms with Crippen molar-refractivity contribution in [2.75, 3.05) is 0 Å². The molecule has 0 radical (unpaired) electrons. The monoisotopic (exact) mass is 181 g/mol. The van der Waals surface area contributed by atoms with Gasteiger partial charge in [-0.05, 0) is 24.1 Å². The van der Waals surface area contributed by atoms with Crippen LogP contribution in [-0.2, 0) is 0 Å². The van der Waals surface area contributed by atoms with Gasteiger partial charge in [-0.15, -0.1) is 6.58 Å². The fourth-order valence-electron chi connectivity index (χ4n) is 1.18. The van der Waals surface area contributed by atoms with E-state index in [1.165, 1.54) is 0 Å². The van der Waals surface area contributed by atoms with E-state index in [0.717, 1.165) is 11.1 Å². The lowest BCUT2D eigenvalue weighted by molar-refractivity contribution is 0.903. The minimum atomic E-state index is -0.168. The van der Waals surface area contributed by atoms with E-state index in [-0.39, 0.29) is 6.04 Å². The maximum absolute atomic E-state index is 5.98. The molecule has 0 aliphatic carbocycles. The Morgan fingerprint density at radius 3 is 2.75 bits per heavy atom. The van der Waals surface area contributed by atoms with E-state index >= 15 is 0 Å². The van der Waals surface area contributed by atoms with Crippen LogP contribution in [0.2, 0.25) is 5.02 Å². The summed E-state index contributed by atoms with van der Waals surface area (Å²) in [6.07, 6.45) is 1.69. The van der Waals surface area contributed by atoms with Gasteiger partial charge in [0.2, 0.25) is 0 Å². The van der Waals surface area contributed by atoms with Crippen molar-refractivity contribution in [1.82, 2.24) is 0 Å². The lowest BCUT2D eigenvalue weighted by Crippen LogP contribution is -2.08. The van der Waals surface area contributed by atoms with Crippen LogP contribution in [0.1, 0.15) is 17.2 Å². The van der Waals surface area contributed by atoms with Crippen LogP contribution in [0.5, 0.6) is 0 Å². The van der Waals surface area contributed by atoms with Gasteiger partial charge in [0.15, 0.2) is 0 Å². The molecule has 0 unspecified atom stereocenters. The molecule has 1 aromatic carbocycles. The standard InChI is InChI=1S/C10H12ClN/c1-3-9(12)10-7(2)5-4-6-8(10)11/h3-6,9H,1,12H2,2H3/t9-/m0/s1. The molecule has 1 rings (SSSR count). The number of aryl methyl sites for hydroxylation is 1. The van der Waals surface area contributed by atoms with Gasteiger partial charge in [-0.1, -0.05) is 29.8 Å². The van der Waals surface area contributed by atoms with E-state index in [2.05, 4.69) is 6.58 Å². The Balaban J connectivity index is 3.20. The molecule has 0 saturated carbocycles. The lowest BCUT2D eigenvalue weighted by atomic mass is 10.0. The fraction of sp³-hybridized carbons (Fsp3) is 0.200. The number of hydrogen-bond acceptors (Lipinski definition) is 1. The molecule has 12 heavy (non-hydrogen) atoms. The topological polar surface area (TPSA) is 26.0 Å². The molecule has 0 aliphatic heterocycles. The second-order valence-corrected chi connectivity index (χ2v) is 3.14. The van der Waals surface area contributed by atoms with Crippen molar-refractivity contribution in [2.24, 2.45) is 5.73 Å².